The van der Waals surface area contributed by atoms with E-state index in [1.807, 2.05) is 0 Å². The van der Waals surface area contributed by atoms with Gasteiger partial charge in [-0.15, -0.1) is 0 Å². The van der Waals surface area contributed by atoms with Crippen LogP contribution in [0.3, 0.4) is 0 Å². The molecule has 1 saturated heterocycles. The van der Waals surface area contributed by atoms with Gasteiger partial charge in [-0.2, -0.15) is 0 Å². The molecule has 0 atom stereocenters. The van der Waals surface area contributed by atoms with Gasteiger partial charge in [0.1, 0.15) is 12.0 Å². The Labute approximate surface area is 103 Å². The number of hydrogen-bond acceptors (Lipinski definition) is 3. The number of carboxylic acid groups (broad SMARTS) is 1. The number of piperidine rings is 1. The van der Waals surface area contributed by atoms with Gasteiger partial charge in [-0.05, 0) is 12.8 Å². The number of amides is 1. The van der Waals surface area contributed by atoms with Crippen LogP contribution >= 0.6 is 0 Å². The summed E-state index contributed by atoms with van der Waals surface area (Å²) in [6, 6.07) is 0. The second-order valence-corrected chi connectivity index (χ2v) is 4.11. The molecule has 0 radical (unpaired) electrons. The second kappa shape index (κ2) is 5.79. The van der Waals surface area contributed by atoms with Gasteiger partial charge in [-0.1, -0.05) is 12.7 Å². The van der Waals surface area contributed by atoms with Gasteiger partial charge in [-0.3, -0.25) is 4.79 Å². The fraction of sp³-hybridized carbons (Fsp3) is 0.636. The molecule has 1 aliphatic heterocycles. The van der Waals surface area contributed by atoms with E-state index < -0.39 is 23.9 Å². The number of halogens is 2. The number of rotatable bonds is 4. The fourth-order valence-corrected chi connectivity index (χ4v) is 1.84. The Hall–Kier alpha value is -1.66. The van der Waals surface area contributed by atoms with Crippen molar-refractivity contribution in [3.63, 3.8) is 0 Å². The molecule has 0 aromatic carbocycles. The van der Waals surface area contributed by atoms with Crippen LogP contribution in [0.4, 0.5) is 13.6 Å². The quantitative estimate of drug-likeness (QED) is 0.784. The van der Waals surface area contributed by atoms with Gasteiger partial charge in [0.25, 0.3) is 6.43 Å². The Bertz CT molecular complexity index is 338. The lowest BCUT2D eigenvalue weighted by atomic mass is 9.79. The number of aliphatic carboxylic acids is 1. The van der Waals surface area contributed by atoms with Crippen LogP contribution in [0.15, 0.2) is 12.7 Å². The summed E-state index contributed by atoms with van der Waals surface area (Å²) in [5.41, 5.74) is -2.05. The first-order chi connectivity index (χ1) is 8.44. The molecular formula is C11H15F2NO4. The monoisotopic (exact) mass is 263 g/mol. The molecule has 0 aliphatic carbocycles. The number of nitrogens with zero attached hydrogens (tertiary/aromatic N) is 1. The zero-order valence-corrected chi connectivity index (χ0v) is 9.77. The van der Waals surface area contributed by atoms with E-state index >= 15 is 0 Å². The Balaban J connectivity index is 2.61. The Morgan fingerprint density at radius 1 is 1.44 bits per heavy atom. The summed E-state index contributed by atoms with van der Waals surface area (Å²) < 4.78 is 30.4. The van der Waals surface area contributed by atoms with Gasteiger partial charge >= 0.3 is 12.1 Å². The van der Waals surface area contributed by atoms with Crippen molar-refractivity contribution in [1.29, 1.82) is 0 Å². The predicted molar refractivity (Wildman–Crippen MR) is 58.4 cm³/mol. The lowest BCUT2D eigenvalue weighted by Gasteiger charge is -2.37. The molecule has 0 aromatic heterocycles. The Morgan fingerprint density at radius 2 is 2.00 bits per heavy atom. The van der Waals surface area contributed by atoms with Crippen molar-refractivity contribution >= 4 is 12.1 Å². The van der Waals surface area contributed by atoms with Crippen LogP contribution in [-0.4, -0.2) is 48.2 Å². The highest BCUT2D eigenvalue weighted by atomic mass is 19.3. The Kier molecular flexibility index (Phi) is 4.63. The summed E-state index contributed by atoms with van der Waals surface area (Å²) in [6.07, 6.45) is -2.74. The normalized spacial score (nSPS) is 18.5. The van der Waals surface area contributed by atoms with E-state index in [1.54, 1.807) is 0 Å². The van der Waals surface area contributed by atoms with Gasteiger partial charge in [-0.25, -0.2) is 13.6 Å². The molecule has 1 fully saturated rings. The number of carbonyl (C=O) groups is 2. The Morgan fingerprint density at radius 3 is 2.39 bits per heavy atom. The van der Waals surface area contributed by atoms with Crippen LogP contribution in [-0.2, 0) is 9.53 Å². The summed E-state index contributed by atoms with van der Waals surface area (Å²) in [7, 11) is 0. The third kappa shape index (κ3) is 2.77. The predicted octanol–water partition coefficient (Wildman–Crippen LogP) is 1.74. The van der Waals surface area contributed by atoms with E-state index in [4.69, 9.17) is 9.84 Å². The first-order valence-corrected chi connectivity index (χ1v) is 5.48. The van der Waals surface area contributed by atoms with E-state index in [0.717, 1.165) is 0 Å². The summed E-state index contributed by atoms with van der Waals surface area (Å²) in [6.45, 7) is 3.31. The van der Waals surface area contributed by atoms with Crippen LogP contribution in [0.5, 0.6) is 0 Å². The molecule has 0 bridgehead atoms. The maximum absolute atomic E-state index is 12.8. The molecule has 1 aliphatic rings. The highest BCUT2D eigenvalue weighted by Crippen LogP contribution is 2.38. The summed E-state index contributed by atoms with van der Waals surface area (Å²) >= 11 is 0. The number of carboxylic acids is 1. The molecule has 0 aromatic rings. The number of ether oxygens (including phenoxy) is 1. The van der Waals surface area contributed by atoms with Crippen molar-refractivity contribution in [3.05, 3.63) is 12.7 Å². The van der Waals surface area contributed by atoms with Crippen molar-refractivity contribution < 1.29 is 28.2 Å². The minimum absolute atomic E-state index is 0.0360. The van der Waals surface area contributed by atoms with Gasteiger partial charge in [0.05, 0.1) is 0 Å². The number of hydrogen-bond donors (Lipinski definition) is 1. The SMILES string of the molecule is C=CCOC(=O)N1CCC(C(=O)O)(C(F)F)CC1. The van der Waals surface area contributed by atoms with E-state index in [2.05, 4.69) is 6.58 Å². The third-order valence-corrected chi connectivity index (χ3v) is 3.08. The first-order valence-electron chi connectivity index (χ1n) is 5.48. The van der Waals surface area contributed by atoms with Crippen molar-refractivity contribution in [2.24, 2.45) is 5.41 Å². The highest BCUT2D eigenvalue weighted by molar-refractivity contribution is 5.76. The number of alkyl halides is 2. The smallest absolute Gasteiger partial charge is 0.410 e. The van der Waals surface area contributed by atoms with E-state index in [0.29, 0.717) is 0 Å². The second-order valence-electron chi connectivity index (χ2n) is 4.11. The molecule has 102 valence electrons. The van der Waals surface area contributed by atoms with Crippen LogP contribution in [0.2, 0.25) is 0 Å². The van der Waals surface area contributed by atoms with E-state index in [9.17, 15) is 18.4 Å². The summed E-state index contributed by atoms with van der Waals surface area (Å²) in [4.78, 5) is 23.6. The minimum atomic E-state index is -2.94. The van der Waals surface area contributed by atoms with Crippen LogP contribution in [0.1, 0.15) is 12.8 Å². The van der Waals surface area contributed by atoms with E-state index in [-0.39, 0.29) is 32.5 Å². The maximum atomic E-state index is 12.8. The number of likely N-dealkylation sites (tertiary alicyclic amines) is 1. The van der Waals surface area contributed by atoms with Crippen molar-refractivity contribution in [2.75, 3.05) is 19.7 Å². The van der Waals surface area contributed by atoms with Gasteiger partial charge in [0.15, 0.2) is 0 Å². The average Bonchev–Trinajstić information content (AvgIpc) is 2.35. The van der Waals surface area contributed by atoms with Crippen molar-refractivity contribution in [1.82, 2.24) is 4.90 Å². The number of carbonyl (C=O) groups excluding carboxylic acids is 1. The molecule has 0 saturated carbocycles. The van der Waals surface area contributed by atoms with Crippen molar-refractivity contribution in [3.8, 4) is 0 Å². The zero-order chi connectivity index (χ0) is 13.8. The van der Waals surface area contributed by atoms with Crippen LogP contribution in [0, 0.1) is 5.41 Å². The fourth-order valence-electron chi connectivity index (χ4n) is 1.84. The maximum Gasteiger partial charge on any atom is 0.410 e. The molecule has 7 heteroatoms. The minimum Gasteiger partial charge on any atom is -0.481 e. The van der Waals surface area contributed by atoms with Gasteiger partial charge in [0, 0.05) is 13.1 Å². The zero-order valence-electron chi connectivity index (χ0n) is 9.77. The molecule has 1 N–H and O–H groups in total. The van der Waals surface area contributed by atoms with E-state index in [1.165, 1.54) is 11.0 Å². The average molecular weight is 263 g/mol. The first kappa shape index (κ1) is 14.4. The molecule has 1 rings (SSSR count). The molecule has 0 spiro atoms. The standard InChI is InChI=1S/C11H15F2NO4/c1-2-7-18-10(17)14-5-3-11(4-6-14,8(12)13)9(15)16/h2,8H,1,3-7H2,(H,15,16). The summed E-state index contributed by atoms with van der Waals surface area (Å²) in [5, 5.41) is 8.90. The van der Waals surface area contributed by atoms with Gasteiger partial charge < -0.3 is 14.7 Å². The van der Waals surface area contributed by atoms with Crippen LogP contribution < -0.4 is 0 Å². The molecular weight excluding hydrogens is 248 g/mol. The molecule has 1 heterocycles. The molecule has 5 nitrogen and oxygen atoms in total. The highest BCUT2D eigenvalue weighted by Gasteiger charge is 2.50. The van der Waals surface area contributed by atoms with Gasteiger partial charge in [0.2, 0.25) is 0 Å². The molecule has 18 heavy (non-hydrogen) atoms. The largest absolute Gasteiger partial charge is 0.481 e. The summed E-state index contributed by atoms with van der Waals surface area (Å²) in [5.74, 6) is -1.52. The molecule has 0 unspecified atom stereocenters. The lowest BCUT2D eigenvalue weighted by molar-refractivity contribution is -0.164. The third-order valence-electron chi connectivity index (χ3n) is 3.08. The molecule has 1 amide bonds. The topological polar surface area (TPSA) is 66.8 Å². The van der Waals surface area contributed by atoms with Crippen molar-refractivity contribution in [2.45, 2.75) is 19.3 Å². The van der Waals surface area contributed by atoms with Crippen LogP contribution in [0.25, 0.3) is 0 Å². The lowest BCUT2D eigenvalue weighted by Crippen LogP contribution is -2.50.